The van der Waals surface area contributed by atoms with E-state index < -0.39 is 4.92 Å². The molecule has 1 saturated heterocycles. The summed E-state index contributed by atoms with van der Waals surface area (Å²) in [7, 11) is 3.25. The molecule has 1 aliphatic heterocycles. The Hall–Kier alpha value is -4.08. The van der Waals surface area contributed by atoms with Crippen LogP contribution in [0.4, 0.5) is 23.0 Å². The van der Waals surface area contributed by atoms with Crippen molar-refractivity contribution < 1.29 is 14.4 Å². The number of hydrogen-bond donors (Lipinski definition) is 1. The SMILES string of the molecule is COc1ccc(CNc2ncnc(N3CCN(c4ccc(OC)cc4)CC3)c2[N+](=O)[O-])cc1. The molecule has 0 amide bonds. The van der Waals surface area contributed by atoms with Crippen LogP contribution in [-0.2, 0) is 6.54 Å². The van der Waals surface area contributed by atoms with Crippen molar-refractivity contribution in [3.05, 3.63) is 70.5 Å². The van der Waals surface area contributed by atoms with Crippen molar-refractivity contribution in [2.75, 3.05) is 55.5 Å². The van der Waals surface area contributed by atoms with Crippen molar-refractivity contribution in [2.24, 2.45) is 0 Å². The molecule has 1 N–H and O–H groups in total. The Labute approximate surface area is 191 Å². The lowest BCUT2D eigenvalue weighted by Crippen LogP contribution is -2.47. The van der Waals surface area contributed by atoms with Crippen molar-refractivity contribution in [2.45, 2.75) is 6.54 Å². The molecule has 172 valence electrons. The molecule has 0 atom stereocenters. The Morgan fingerprint density at radius 1 is 0.909 bits per heavy atom. The molecule has 3 aromatic rings. The minimum Gasteiger partial charge on any atom is -0.497 e. The van der Waals surface area contributed by atoms with Crippen LogP contribution in [0.1, 0.15) is 5.56 Å². The van der Waals surface area contributed by atoms with E-state index in [1.807, 2.05) is 53.4 Å². The third-order valence-electron chi connectivity index (χ3n) is 5.62. The van der Waals surface area contributed by atoms with Crippen molar-refractivity contribution in [3.63, 3.8) is 0 Å². The van der Waals surface area contributed by atoms with Crippen LogP contribution in [0.15, 0.2) is 54.9 Å². The number of anilines is 3. The van der Waals surface area contributed by atoms with Gasteiger partial charge in [0.25, 0.3) is 0 Å². The Kier molecular flexibility index (Phi) is 6.72. The quantitative estimate of drug-likeness (QED) is 0.408. The topological polar surface area (TPSA) is 106 Å². The fraction of sp³-hybridized carbons (Fsp3) is 0.304. The van der Waals surface area contributed by atoms with Gasteiger partial charge in [-0.05, 0) is 42.0 Å². The summed E-state index contributed by atoms with van der Waals surface area (Å²) in [4.78, 5) is 24.1. The summed E-state index contributed by atoms with van der Waals surface area (Å²) in [5.41, 5.74) is 1.94. The zero-order valence-electron chi connectivity index (χ0n) is 18.6. The molecule has 10 heteroatoms. The monoisotopic (exact) mass is 450 g/mol. The van der Waals surface area contributed by atoms with Crippen LogP contribution in [-0.4, -0.2) is 55.3 Å². The molecule has 0 unspecified atom stereocenters. The highest BCUT2D eigenvalue weighted by atomic mass is 16.6. The third-order valence-corrected chi connectivity index (χ3v) is 5.62. The maximum Gasteiger partial charge on any atom is 0.353 e. The summed E-state index contributed by atoms with van der Waals surface area (Å²) >= 11 is 0. The Morgan fingerprint density at radius 3 is 2.06 bits per heavy atom. The molecule has 1 aromatic heterocycles. The van der Waals surface area contributed by atoms with Gasteiger partial charge in [-0.3, -0.25) is 10.1 Å². The van der Waals surface area contributed by atoms with E-state index >= 15 is 0 Å². The number of hydrogen-bond acceptors (Lipinski definition) is 9. The Bertz CT molecular complexity index is 1080. The smallest absolute Gasteiger partial charge is 0.353 e. The number of nitrogens with one attached hydrogen (secondary N) is 1. The van der Waals surface area contributed by atoms with Gasteiger partial charge in [0.1, 0.15) is 17.8 Å². The number of piperazine rings is 1. The molecule has 0 saturated carbocycles. The average Bonchev–Trinajstić information content (AvgIpc) is 2.87. The second kappa shape index (κ2) is 10.0. The van der Waals surface area contributed by atoms with Crippen LogP contribution in [0.25, 0.3) is 0 Å². The molecule has 1 fully saturated rings. The van der Waals surface area contributed by atoms with Crippen molar-refractivity contribution in [1.29, 1.82) is 0 Å². The lowest BCUT2D eigenvalue weighted by molar-refractivity contribution is -0.383. The minimum atomic E-state index is -0.415. The van der Waals surface area contributed by atoms with Gasteiger partial charge in [0.15, 0.2) is 0 Å². The van der Waals surface area contributed by atoms with E-state index in [9.17, 15) is 10.1 Å². The molecule has 10 nitrogen and oxygen atoms in total. The van der Waals surface area contributed by atoms with E-state index in [0.717, 1.165) is 35.8 Å². The van der Waals surface area contributed by atoms with Crippen LogP contribution >= 0.6 is 0 Å². The van der Waals surface area contributed by atoms with Crippen LogP contribution < -0.4 is 24.6 Å². The number of ether oxygens (including phenoxy) is 2. The van der Waals surface area contributed by atoms with Gasteiger partial charge in [-0.25, -0.2) is 9.97 Å². The molecule has 0 aliphatic carbocycles. The molecule has 1 aliphatic rings. The molecular formula is C23H26N6O4. The third kappa shape index (κ3) is 5.05. The number of nitrogens with zero attached hydrogens (tertiary/aromatic N) is 5. The highest BCUT2D eigenvalue weighted by Crippen LogP contribution is 2.33. The summed E-state index contributed by atoms with van der Waals surface area (Å²) in [6, 6.07) is 15.4. The highest BCUT2D eigenvalue weighted by molar-refractivity contribution is 5.70. The molecule has 0 spiro atoms. The van der Waals surface area contributed by atoms with Gasteiger partial charge in [0.05, 0.1) is 19.1 Å². The zero-order valence-corrected chi connectivity index (χ0v) is 18.6. The molecule has 2 heterocycles. The fourth-order valence-corrected chi connectivity index (χ4v) is 3.80. The molecule has 0 radical (unpaired) electrons. The minimum absolute atomic E-state index is 0.107. The number of nitro groups is 1. The first-order valence-corrected chi connectivity index (χ1v) is 10.6. The summed E-state index contributed by atoms with van der Waals surface area (Å²) in [5, 5.41) is 15.0. The van der Waals surface area contributed by atoms with E-state index in [1.165, 1.54) is 6.33 Å². The summed E-state index contributed by atoms with van der Waals surface area (Å²) in [6.07, 6.45) is 1.37. The van der Waals surface area contributed by atoms with E-state index in [-0.39, 0.29) is 11.5 Å². The second-order valence-corrected chi connectivity index (χ2v) is 7.53. The average molecular weight is 450 g/mol. The number of rotatable bonds is 8. The van der Waals surface area contributed by atoms with Crippen molar-refractivity contribution >= 4 is 23.0 Å². The standard InChI is InChI=1S/C23H26N6O4/c1-32-19-7-3-17(4-8-19)15-24-22-21(29(30)31)23(26-16-25-22)28-13-11-27(12-14-28)18-5-9-20(33-2)10-6-18/h3-10,16H,11-15H2,1-2H3,(H,24,25,26). The Morgan fingerprint density at radius 2 is 1.48 bits per heavy atom. The van der Waals surface area contributed by atoms with Gasteiger partial charge in [-0.15, -0.1) is 0 Å². The van der Waals surface area contributed by atoms with Crippen LogP contribution in [0, 0.1) is 10.1 Å². The maximum absolute atomic E-state index is 11.9. The van der Waals surface area contributed by atoms with Gasteiger partial charge in [0.2, 0.25) is 11.6 Å². The van der Waals surface area contributed by atoms with Crippen LogP contribution in [0.2, 0.25) is 0 Å². The second-order valence-electron chi connectivity index (χ2n) is 7.53. The van der Waals surface area contributed by atoms with Gasteiger partial charge in [-0.2, -0.15) is 0 Å². The fourth-order valence-electron chi connectivity index (χ4n) is 3.80. The first-order chi connectivity index (χ1) is 16.1. The first-order valence-electron chi connectivity index (χ1n) is 10.6. The van der Waals surface area contributed by atoms with Gasteiger partial charge >= 0.3 is 5.69 Å². The molecular weight excluding hydrogens is 424 g/mol. The van der Waals surface area contributed by atoms with E-state index in [2.05, 4.69) is 20.2 Å². The van der Waals surface area contributed by atoms with E-state index in [0.29, 0.717) is 25.5 Å². The van der Waals surface area contributed by atoms with Gasteiger partial charge in [0, 0.05) is 38.4 Å². The zero-order chi connectivity index (χ0) is 23.2. The first kappa shape index (κ1) is 22.1. The van der Waals surface area contributed by atoms with Gasteiger partial charge < -0.3 is 24.6 Å². The summed E-state index contributed by atoms with van der Waals surface area (Å²) < 4.78 is 10.4. The van der Waals surface area contributed by atoms with E-state index in [1.54, 1.807) is 14.2 Å². The number of benzene rings is 2. The predicted octanol–water partition coefficient (Wildman–Crippen LogP) is 3.34. The van der Waals surface area contributed by atoms with E-state index in [4.69, 9.17) is 9.47 Å². The molecule has 2 aromatic carbocycles. The summed E-state index contributed by atoms with van der Waals surface area (Å²) in [6.45, 7) is 3.07. The maximum atomic E-state index is 11.9. The normalized spacial score (nSPS) is 13.5. The number of methoxy groups -OCH3 is 2. The molecule has 33 heavy (non-hydrogen) atoms. The molecule has 0 bridgehead atoms. The Balaban J connectivity index is 1.46. The summed E-state index contributed by atoms with van der Waals surface area (Å²) in [5.74, 6) is 2.10. The number of aromatic nitrogens is 2. The van der Waals surface area contributed by atoms with Crippen LogP contribution in [0.3, 0.4) is 0 Å². The lowest BCUT2D eigenvalue weighted by Gasteiger charge is -2.36. The highest BCUT2D eigenvalue weighted by Gasteiger charge is 2.29. The van der Waals surface area contributed by atoms with Crippen molar-refractivity contribution in [3.8, 4) is 11.5 Å². The lowest BCUT2D eigenvalue weighted by atomic mass is 10.2. The predicted molar refractivity (Wildman–Crippen MR) is 126 cm³/mol. The van der Waals surface area contributed by atoms with Gasteiger partial charge in [-0.1, -0.05) is 12.1 Å². The van der Waals surface area contributed by atoms with Crippen molar-refractivity contribution in [1.82, 2.24) is 9.97 Å². The largest absolute Gasteiger partial charge is 0.497 e. The molecule has 4 rings (SSSR count). The van der Waals surface area contributed by atoms with Crippen LogP contribution in [0.5, 0.6) is 11.5 Å².